The molecule has 0 unspecified atom stereocenters. The minimum atomic E-state index is -0.355. The van der Waals surface area contributed by atoms with Crippen molar-refractivity contribution in [2.45, 2.75) is 38.1 Å². The first kappa shape index (κ1) is 20.3. The van der Waals surface area contributed by atoms with Crippen molar-refractivity contribution < 1.29 is 9.59 Å². The van der Waals surface area contributed by atoms with E-state index in [0.717, 1.165) is 25.7 Å². The molecule has 2 aromatic rings. The molecule has 2 aromatic carbocycles. The van der Waals surface area contributed by atoms with E-state index >= 15 is 0 Å². The van der Waals surface area contributed by atoms with Crippen molar-refractivity contribution in [1.82, 2.24) is 10.6 Å². The lowest BCUT2D eigenvalue weighted by atomic mass is 9.95. The van der Waals surface area contributed by atoms with Crippen LogP contribution in [-0.4, -0.2) is 23.0 Å². The minimum Gasteiger partial charge on any atom is -0.349 e. The van der Waals surface area contributed by atoms with Crippen LogP contribution >= 0.6 is 23.8 Å². The predicted molar refractivity (Wildman–Crippen MR) is 116 cm³/mol. The summed E-state index contributed by atoms with van der Waals surface area (Å²) in [5.74, 6) is -0.448. The van der Waals surface area contributed by atoms with Crippen LogP contribution in [0.15, 0.2) is 48.5 Å². The second-order valence-corrected chi connectivity index (χ2v) is 7.65. The Labute approximate surface area is 174 Å². The van der Waals surface area contributed by atoms with E-state index < -0.39 is 0 Å². The van der Waals surface area contributed by atoms with Gasteiger partial charge in [-0.3, -0.25) is 14.9 Å². The summed E-state index contributed by atoms with van der Waals surface area (Å²) in [6.07, 6.45) is 5.62. The molecule has 1 aliphatic rings. The summed E-state index contributed by atoms with van der Waals surface area (Å²) in [6.45, 7) is 0. The van der Waals surface area contributed by atoms with Crippen molar-refractivity contribution in [3.63, 3.8) is 0 Å². The first-order chi connectivity index (χ1) is 13.5. The van der Waals surface area contributed by atoms with Crippen molar-refractivity contribution >= 4 is 46.4 Å². The Morgan fingerprint density at radius 3 is 2.32 bits per heavy atom. The molecule has 146 valence electrons. The zero-order chi connectivity index (χ0) is 19.9. The van der Waals surface area contributed by atoms with Gasteiger partial charge in [0.15, 0.2) is 5.11 Å². The summed E-state index contributed by atoms with van der Waals surface area (Å²) in [5.41, 5.74) is 1.60. The molecule has 0 atom stereocenters. The monoisotopic (exact) mass is 415 g/mol. The van der Waals surface area contributed by atoms with Gasteiger partial charge in [-0.2, -0.15) is 0 Å². The van der Waals surface area contributed by atoms with Crippen molar-refractivity contribution in [2.24, 2.45) is 0 Å². The van der Waals surface area contributed by atoms with Crippen LogP contribution in [0, 0.1) is 0 Å². The van der Waals surface area contributed by atoms with Crippen molar-refractivity contribution in [1.29, 1.82) is 0 Å². The molecule has 1 fully saturated rings. The fraction of sp³-hybridized carbons (Fsp3) is 0.286. The zero-order valence-corrected chi connectivity index (χ0v) is 16.9. The number of carbonyl (C=O) groups excluding carboxylic acids is 2. The van der Waals surface area contributed by atoms with Gasteiger partial charge in [0.25, 0.3) is 11.8 Å². The van der Waals surface area contributed by atoms with Gasteiger partial charge in [-0.25, -0.2) is 0 Å². The Bertz CT molecular complexity index is 881. The third-order valence-electron chi connectivity index (χ3n) is 4.64. The molecule has 0 radical (unpaired) electrons. The largest absolute Gasteiger partial charge is 0.349 e. The summed E-state index contributed by atoms with van der Waals surface area (Å²) >= 11 is 11.1. The third-order valence-corrected chi connectivity index (χ3v) is 5.08. The average molecular weight is 416 g/mol. The van der Waals surface area contributed by atoms with E-state index in [4.69, 9.17) is 23.8 Å². The third kappa shape index (κ3) is 5.78. The Hall–Kier alpha value is -2.44. The quantitative estimate of drug-likeness (QED) is 0.641. The molecule has 0 heterocycles. The van der Waals surface area contributed by atoms with Crippen LogP contribution in [0.3, 0.4) is 0 Å². The molecule has 7 heteroatoms. The molecule has 28 heavy (non-hydrogen) atoms. The normalized spacial score (nSPS) is 14.2. The molecule has 2 amide bonds. The Balaban J connectivity index is 1.58. The van der Waals surface area contributed by atoms with Crippen LogP contribution in [0.5, 0.6) is 0 Å². The van der Waals surface area contributed by atoms with Gasteiger partial charge in [-0.15, -0.1) is 0 Å². The highest BCUT2D eigenvalue weighted by Crippen LogP contribution is 2.18. The Morgan fingerprint density at radius 2 is 1.61 bits per heavy atom. The van der Waals surface area contributed by atoms with Crippen molar-refractivity contribution in [2.75, 3.05) is 5.32 Å². The molecule has 3 rings (SSSR count). The van der Waals surface area contributed by atoms with E-state index in [-0.39, 0.29) is 23.0 Å². The number of rotatable bonds is 4. The highest BCUT2D eigenvalue weighted by molar-refractivity contribution is 7.80. The summed E-state index contributed by atoms with van der Waals surface area (Å²) < 4.78 is 0. The molecule has 0 aromatic heterocycles. The van der Waals surface area contributed by atoms with Gasteiger partial charge >= 0.3 is 0 Å². The number of benzene rings is 2. The zero-order valence-electron chi connectivity index (χ0n) is 15.3. The summed E-state index contributed by atoms with van der Waals surface area (Å²) in [4.78, 5) is 24.7. The van der Waals surface area contributed by atoms with Crippen LogP contribution in [0.2, 0.25) is 5.02 Å². The van der Waals surface area contributed by atoms with Crippen molar-refractivity contribution in [3.8, 4) is 0 Å². The predicted octanol–water partition coefficient (Wildman–Crippen LogP) is 4.53. The topological polar surface area (TPSA) is 70.2 Å². The molecule has 0 bridgehead atoms. The SMILES string of the molecule is O=C(NC(=S)Nc1cccc(C(=O)NC2CCCCC2)c1)c1cccc(Cl)c1. The molecule has 0 saturated heterocycles. The van der Waals surface area contributed by atoms with Gasteiger partial charge in [0.2, 0.25) is 0 Å². The van der Waals surface area contributed by atoms with Crippen LogP contribution in [0.4, 0.5) is 5.69 Å². The fourth-order valence-corrected chi connectivity index (χ4v) is 3.62. The first-order valence-electron chi connectivity index (χ1n) is 9.30. The fourth-order valence-electron chi connectivity index (χ4n) is 3.22. The molecule has 5 nitrogen and oxygen atoms in total. The van der Waals surface area contributed by atoms with Gasteiger partial charge in [0.05, 0.1) is 0 Å². The summed E-state index contributed by atoms with van der Waals surface area (Å²) in [7, 11) is 0. The highest BCUT2D eigenvalue weighted by Gasteiger charge is 2.17. The van der Waals surface area contributed by atoms with Crippen molar-refractivity contribution in [3.05, 3.63) is 64.7 Å². The molecular weight excluding hydrogens is 394 g/mol. The van der Waals surface area contributed by atoms with Crippen LogP contribution < -0.4 is 16.0 Å². The van der Waals surface area contributed by atoms with Crippen LogP contribution in [-0.2, 0) is 0 Å². The second kappa shape index (κ2) is 9.66. The lowest BCUT2D eigenvalue weighted by molar-refractivity contribution is 0.0926. The van der Waals surface area contributed by atoms with Crippen LogP contribution in [0.25, 0.3) is 0 Å². The number of hydrogen-bond acceptors (Lipinski definition) is 3. The van der Waals surface area contributed by atoms with Gasteiger partial charge in [-0.05, 0) is 61.5 Å². The lowest BCUT2D eigenvalue weighted by Crippen LogP contribution is -2.36. The number of amides is 2. The van der Waals surface area contributed by atoms with E-state index in [9.17, 15) is 9.59 Å². The second-order valence-electron chi connectivity index (χ2n) is 6.81. The van der Waals surface area contributed by atoms with Gasteiger partial charge < -0.3 is 10.6 Å². The summed E-state index contributed by atoms with van der Waals surface area (Å²) in [5, 5.41) is 9.27. The van der Waals surface area contributed by atoms with E-state index in [2.05, 4.69) is 16.0 Å². The molecule has 0 aliphatic heterocycles. The maximum atomic E-state index is 12.5. The van der Waals surface area contributed by atoms with Gasteiger partial charge in [-0.1, -0.05) is 43.0 Å². The highest BCUT2D eigenvalue weighted by atomic mass is 35.5. The van der Waals surface area contributed by atoms with Gasteiger partial charge in [0, 0.05) is 27.9 Å². The van der Waals surface area contributed by atoms with E-state index in [1.807, 2.05) is 0 Å². The van der Waals surface area contributed by atoms with E-state index in [0.29, 0.717) is 21.8 Å². The number of hydrogen-bond donors (Lipinski definition) is 3. The lowest BCUT2D eigenvalue weighted by Gasteiger charge is -2.22. The standard InChI is InChI=1S/C21H22ClN3O2S/c22-16-8-4-6-14(12-16)20(27)25-21(28)24-18-11-5-7-15(13-18)19(26)23-17-9-2-1-3-10-17/h4-8,11-13,17H,1-3,9-10H2,(H,23,26)(H2,24,25,27,28). The molecule has 1 aliphatic carbocycles. The molecule has 3 N–H and O–H groups in total. The number of halogens is 1. The number of carbonyl (C=O) groups is 2. The molecular formula is C21H22ClN3O2S. The molecule has 1 saturated carbocycles. The number of thiocarbonyl (C=S) groups is 1. The summed E-state index contributed by atoms with van der Waals surface area (Å²) in [6, 6.07) is 13.9. The average Bonchev–Trinajstić information content (AvgIpc) is 2.69. The number of nitrogens with one attached hydrogen (secondary N) is 3. The number of anilines is 1. The Morgan fingerprint density at radius 1 is 0.929 bits per heavy atom. The smallest absolute Gasteiger partial charge is 0.257 e. The first-order valence-corrected chi connectivity index (χ1v) is 10.1. The Kier molecular flexibility index (Phi) is 7.01. The maximum absolute atomic E-state index is 12.5. The van der Waals surface area contributed by atoms with Crippen LogP contribution in [0.1, 0.15) is 52.8 Å². The maximum Gasteiger partial charge on any atom is 0.257 e. The minimum absolute atomic E-state index is 0.0931. The van der Waals surface area contributed by atoms with E-state index in [1.54, 1.807) is 48.5 Å². The van der Waals surface area contributed by atoms with Gasteiger partial charge in [0.1, 0.15) is 0 Å². The molecule has 0 spiro atoms. The van der Waals surface area contributed by atoms with E-state index in [1.165, 1.54) is 6.42 Å².